The predicted molar refractivity (Wildman–Crippen MR) is 83.8 cm³/mol. The SMILES string of the molecule is CCNc1nc(C(C)(C)C)nc(C2CCCC2)c1Br. The summed E-state index contributed by atoms with van der Waals surface area (Å²) >= 11 is 3.71. The number of anilines is 1. The fourth-order valence-electron chi connectivity index (χ4n) is 2.55. The average Bonchev–Trinajstić information content (AvgIpc) is 2.84. The standard InChI is InChI=1S/C15H24BrN3/c1-5-17-13-11(16)12(10-8-6-7-9-10)18-14(19-13)15(2,3)4/h10H,5-9H2,1-4H3,(H,17,18,19). The number of hydrogen-bond acceptors (Lipinski definition) is 3. The normalized spacial score (nSPS) is 16.9. The highest BCUT2D eigenvalue weighted by molar-refractivity contribution is 9.10. The first-order valence-electron chi connectivity index (χ1n) is 7.25. The van der Waals surface area contributed by atoms with Gasteiger partial charge in [-0.1, -0.05) is 33.6 Å². The quantitative estimate of drug-likeness (QED) is 0.880. The summed E-state index contributed by atoms with van der Waals surface area (Å²) in [6.07, 6.45) is 5.15. The molecule has 1 N–H and O–H groups in total. The highest BCUT2D eigenvalue weighted by Crippen LogP contribution is 2.39. The van der Waals surface area contributed by atoms with Crippen LogP contribution in [0.15, 0.2) is 4.47 Å². The first-order valence-corrected chi connectivity index (χ1v) is 8.04. The minimum absolute atomic E-state index is 0.0156. The molecule has 0 saturated heterocycles. The topological polar surface area (TPSA) is 37.8 Å². The fraction of sp³-hybridized carbons (Fsp3) is 0.733. The van der Waals surface area contributed by atoms with Crippen LogP contribution in [0.2, 0.25) is 0 Å². The highest BCUT2D eigenvalue weighted by Gasteiger charge is 2.27. The third kappa shape index (κ3) is 3.28. The van der Waals surface area contributed by atoms with Gasteiger partial charge < -0.3 is 5.32 Å². The fourth-order valence-corrected chi connectivity index (χ4v) is 3.20. The Hall–Kier alpha value is -0.640. The van der Waals surface area contributed by atoms with Crippen LogP contribution in [0.25, 0.3) is 0 Å². The lowest BCUT2D eigenvalue weighted by atomic mass is 9.94. The van der Waals surface area contributed by atoms with Gasteiger partial charge in [-0.25, -0.2) is 9.97 Å². The van der Waals surface area contributed by atoms with Crippen molar-refractivity contribution in [3.8, 4) is 0 Å². The van der Waals surface area contributed by atoms with E-state index in [4.69, 9.17) is 9.97 Å². The Labute approximate surface area is 124 Å². The number of nitrogens with zero attached hydrogens (tertiary/aromatic N) is 2. The van der Waals surface area contributed by atoms with E-state index >= 15 is 0 Å². The molecule has 106 valence electrons. The molecule has 0 unspecified atom stereocenters. The molecule has 1 aliphatic carbocycles. The van der Waals surface area contributed by atoms with Crippen LogP contribution in [0, 0.1) is 0 Å². The van der Waals surface area contributed by atoms with Gasteiger partial charge in [0.1, 0.15) is 11.6 Å². The summed E-state index contributed by atoms with van der Waals surface area (Å²) in [6.45, 7) is 9.49. The highest BCUT2D eigenvalue weighted by atomic mass is 79.9. The first kappa shape index (κ1) is 14.8. The van der Waals surface area contributed by atoms with E-state index in [0.717, 1.165) is 22.7 Å². The molecule has 4 heteroatoms. The van der Waals surface area contributed by atoms with Crippen molar-refractivity contribution in [2.75, 3.05) is 11.9 Å². The molecule has 1 aromatic heterocycles. The molecule has 19 heavy (non-hydrogen) atoms. The maximum atomic E-state index is 4.87. The molecule has 0 amide bonds. The van der Waals surface area contributed by atoms with Gasteiger partial charge >= 0.3 is 0 Å². The Balaban J connectivity index is 2.47. The molecule has 1 heterocycles. The number of hydrogen-bond donors (Lipinski definition) is 1. The zero-order chi connectivity index (χ0) is 14.0. The Morgan fingerprint density at radius 1 is 1.21 bits per heavy atom. The van der Waals surface area contributed by atoms with Crippen molar-refractivity contribution in [3.63, 3.8) is 0 Å². The number of aromatic nitrogens is 2. The maximum Gasteiger partial charge on any atom is 0.144 e. The van der Waals surface area contributed by atoms with Crippen molar-refractivity contribution in [1.29, 1.82) is 0 Å². The average molecular weight is 326 g/mol. The molecule has 1 aliphatic rings. The molecule has 2 rings (SSSR count). The molecule has 0 bridgehead atoms. The summed E-state index contributed by atoms with van der Waals surface area (Å²) in [6, 6.07) is 0. The summed E-state index contributed by atoms with van der Waals surface area (Å²) in [7, 11) is 0. The second kappa shape index (κ2) is 5.78. The number of nitrogens with one attached hydrogen (secondary N) is 1. The van der Waals surface area contributed by atoms with E-state index in [1.807, 2.05) is 0 Å². The molecule has 0 spiro atoms. The monoisotopic (exact) mass is 325 g/mol. The lowest BCUT2D eigenvalue weighted by Gasteiger charge is -2.22. The van der Waals surface area contributed by atoms with Crippen LogP contribution < -0.4 is 5.32 Å². The summed E-state index contributed by atoms with van der Waals surface area (Å²) in [4.78, 5) is 9.57. The molecule has 0 radical (unpaired) electrons. The van der Waals surface area contributed by atoms with Crippen molar-refractivity contribution in [3.05, 3.63) is 16.0 Å². The van der Waals surface area contributed by atoms with Crippen LogP contribution in [0.4, 0.5) is 5.82 Å². The van der Waals surface area contributed by atoms with Crippen LogP contribution in [0.5, 0.6) is 0 Å². The maximum absolute atomic E-state index is 4.87. The predicted octanol–water partition coefficient (Wildman–Crippen LogP) is 4.63. The molecule has 0 aromatic carbocycles. The molecule has 0 atom stereocenters. The van der Waals surface area contributed by atoms with Gasteiger partial charge in [0.15, 0.2) is 0 Å². The van der Waals surface area contributed by atoms with Gasteiger partial charge in [-0.3, -0.25) is 0 Å². The van der Waals surface area contributed by atoms with Crippen molar-refractivity contribution in [1.82, 2.24) is 9.97 Å². The Morgan fingerprint density at radius 2 is 1.84 bits per heavy atom. The van der Waals surface area contributed by atoms with Crippen molar-refractivity contribution in [2.24, 2.45) is 0 Å². The number of halogens is 1. The van der Waals surface area contributed by atoms with E-state index in [2.05, 4.69) is 48.9 Å². The van der Waals surface area contributed by atoms with E-state index < -0.39 is 0 Å². The molecule has 0 aliphatic heterocycles. The van der Waals surface area contributed by atoms with Gasteiger partial charge in [0.25, 0.3) is 0 Å². The van der Waals surface area contributed by atoms with E-state index in [9.17, 15) is 0 Å². The summed E-state index contributed by atoms with van der Waals surface area (Å²) in [5, 5.41) is 3.35. The zero-order valence-electron chi connectivity index (χ0n) is 12.4. The first-order chi connectivity index (χ1) is 8.93. The Bertz CT molecular complexity index is 445. The van der Waals surface area contributed by atoms with Crippen LogP contribution in [0.3, 0.4) is 0 Å². The van der Waals surface area contributed by atoms with Gasteiger partial charge in [0, 0.05) is 17.9 Å². The van der Waals surface area contributed by atoms with Crippen LogP contribution in [0.1, 0.15) is 70.8 Å². The second-order valence-electron chi connectivity index (χ2n) is 6.36. The smallest absolute Gasteiger partial charge is 0.144 e. The molecular weight excluding hydrogens is 302 g/mol. The number of rotatable bonds is 3. The van der Waals surface area contributed by atoms with E-state index in [0.29, 0.717) is 5.92 Å². The van der Waals surface area contributed by atoms with E-state index in [1.54, 1.807) is 0 Å². The van der Waals surface area contributed by atoms with E-state index in [-0.39, 0.29) is 5.41 Å². The van der Waals surface area contributed by atoms with Gasteiger partial charge in [0.2, 0.25) is 0 Å². The van der Waals surface area contributed by atoms with Crippen molar-refractivity contribution in [2.45, 2.75) is 64.7 Å². The Kier molecular flexibility index (Phi) is 4.49. The molecular formula is C15H24BrN3. The summed E-state index contributed by atoms with van der Waals surface area (Å²) in [5.41, 5.74) is 1.19. The van der Waals surface area contributed by atoms with Crippen LogP contribution in [-0.2, 0) is 5.41 Å². The van der Waals surface area contributed by atoms with Gasteiger partial charge in [-0.2, -0.15) is 0 Å². The molecule has 1 fully saturated rings. The lowest BCUT2D eigenvalue weighted by Crippen LogP contribution is -2.20. The van der Waals surface area contributed by atoms with Crippen molar-refractivity contribution >= 4 is 21.7 Å². The minimum atomic E-state index is -0.0156. The largest absolute Gasteiger partial charge is 0.369 e. The Morgan fingerprint density at radius 3 is 2.37 bits per heavy atom. The van der Waals surface area contributed by atoms with Crippen LogP contribution >= 0.6 is 15.9 Å². The summed E-state index contributed by atoms with van der Waals surface area (Å²) < 4.78 is 1.06. The van der Waals surface area contributed by atoms with Gasteiger partial charge in [-0.05, 0) is 35.7 Å². The van der Waals surface area contributed by atoms with Crippen LogP contribution in [-0.4, -0.2) is 16.5 Å². The minimum Gasteiger partial charge on any atom is -0.369 e. The molecule has 1 aromatic rings. The molecule has 1 saturated carbocycles. The molecule has 3 nitrogen and oxygen atoms in total. The lowest BCUT2D eigenvalue weighted by molar-refractivity contribution is 0.534. The summed E-state index contributed by atoms with van der Waals surface area (Å²) in [5.74, 6) is 2.48. The third-order valence-electron chi connectivity index (χ3n) is 3.63. The van der Waals surface area contributed by atoms with Gasteiger partial charge in [-0.15, -0.1) is 0 Å². The third-order valence-corrected chi connectivity index (χ3v) is 4.42. The van der Waals surface area contributed by atoms with Crippen molar-refractivity contribution < 1.29 is 0 Å². The van der Waals surface area contributed by atoms with Gasteiger partial charge in [0.05, 0.1) is 10.2 Å². The second-order valence-corrected chi connectivity index (χ2v) is 7.15. The zero-order valence-corrected chi connectivity index (χ0v) is 14.0. The van der Waals surface area contributed by atoms with E-state index in [1.165, 1.54) is 31.4 Å².